The molecule has 108 valence electrons. The highest BCUT2D eigenvalue weighted by Gasteiger charge is 2.36. The van der Waals surface area contributed by atoms with Crippen molar-refractivity contribution in [3.8, 4) is 0 Å². The standard InChI is InChI=1S/C12H15F3N2S.ClH/c13-12(14,15)11-2-1-10(18-11)7-17-5-8-3-16-4-9(8)6-17;/h1-2,8-9,16H,3-7H2;1H/t8-,9+;. The molecule has 3 rings (SSSR count). The van der Waals surface area contributed by atoms with Crippen LogP contribution in [0.4, 0.5) is 13.2 Å². The molecule has 0 aliphatic carbocycles. The number of nitrogens with one attached hydrogen (secondary N) is 1. The van der Waals surface area contributed by atoms with E-state index in [-0.39, 0.29) is 12.4 Å². The van der Waals surface area contributed by atoms with Gasteiger partial charge < -0.3 is 5.32 Å². The molecule has 1 aromatic rings. The van der Waals surface area contributed by atoms with Gasteiger partial charge in [0, 0.05) is 24.5 Å². The van der Waals surface area contributed by atoms with E-state index in [0.29, 0.717) is 18.4 Å². The van der Waals surface area contributed by atoms with Crippen LogP contribution in [0.25, 0.3) is 0 Å². The third-order valence-corrected chi connectivity index (χ3v) is 4.90. The first kappa shape index (κ1) is 15.1. The van der Waals surface area contributed by atoms with Crippen LogP contribution in [0.5, 0.6) is 0 Å². The number of nitrogens with zero attached hydrogens (tertiary/aromatic N) is 1. The van der Waals surface area contributed by atoms with Crippen molar-refractivity contribution in [2.45, 2.75) is 12.7 Å². The Bertz CT molecular complexity index is 423. The second kappa shape index (κ2) is 5.60. The third kappa shape index (κ3) is 3.24. The molecule has 1 N–H and O–H groups in total. The zero-order chi connectivity index (χ0) is 12.8. The van der Waals surface area contributed by atoms with E-state index in [0.717, 1.165) is 42.4 Å². The van der Waals surface area contributed by atoms with Gasteiger partial charge in [-0.2, -0.15) is 13.2 Å². The van der Waals surface area contributed by atoms with Crippen molar-refractivity contribution < 1.29 is 13.2 Å². The highest BCUT2D eigenvalue weighted by molar-refractivity contribution is 7.12. The molecular weight excluding hydrogens is 297 g/mol. The lowest BCUT2D eigenvalue weighted by Crippen LogP contribution is -2.25. The van der Waals surface area contributed by atoms with Crippen LogP contribution in [-0.4, -0.2) is 31.1 Å². The second-order valence-electron chi connectivity index (χ2n) is 5.14. The van der Waals surface area contributed by atoms with Crippen molar-refractivity contribution >= 4 is 23.7 Å². The van der Waals surface area contributed by atoms with Gasteiger partial charge in [-0.15, -0.1) is 23.7 Å². The Labute approximate surface area is 120 Å². The summed E-state index contributed by atoms with van der Waals surface area (Å²) in [6, 6.07) is 2.80. The molecule has 0 saturated carbocycles. The van der Waals surface area contributed by atoms with Crippen LogP contribution >= 0.6 is 23.7 Å². The predicted molar refractivity (Wildman–Crippen MR) is 71.7 cm³/mol. The van der Waals surface area contributed by atoms with Gasteiger partial charge in [0.1, 0.15) is 4.88 Å². The highest BCUT2D eigenvalue weighted by atomic mass is 35.5. The number of hydrogen-bond acceptors (Lipinski definition) is 3. The van der Waals surface area contributed by atoms with E-state index in [9.17, 15) is 13.2 Å². The summed E-state index contributed by atoms with van der Waals surface area (Å²) in [4.78, 5) is 2.61. The van der Waals surface area contributed by atoms with Crippen LogP contribution in [0.15, 0.2) is 12.1 Å². The topological polar surface area (TPSA) is 15.3 Å². The maximum absolute atomic E-state index is 12.5. The van der Waals surface area contributed by atoms with Crippen LogP contribution in [0.1, 0.15) is 9.75 Å². The maximum Gasteiger partial charge on any atom is 0.425 e. The average Bonchev–Trinajstić information content (AvgIpc) is 2.90. The predicted octanol–water partition coefficient (Wildman–Crippen LogP) is 2.84. The second-order valence-corrected chi connectivity index (χ2v) is 6.30. The van der Waals surface area contributed by atoms with Crippen LogP contribution in [0.2, 0.25) is 0 Å². The van der Waals surface area contributed by atoms with Gasteiger partial charge in [-0.3, -0.25) is 4.90 Å². The largest absolute Gasteiger partial charge is 0.425 e. The number of halogens is 4. The molecule has 2 fully saturated rings. The zero-order valence-corrected chi connectivity index (χ0v) is 11.9. The quantitative estimate of drug-likeness (QED) is 0.903. The summed E-state index contributed by atoms with van der Waals surface area (Å²) < 4.78 is 37.5. The molecule has 0 amide bonds. The number of rotatable bonds is 2. The molecule has 0 radical (unpaired) electrons. The van der Waals surface area contributed by atoms with Crippen molar-refractivity contribution in [1.29, 1.82) is 0 Å². The normalized spacial score (nSPS) is 27.3. The molecule has 0 unspecified atom stereocenters. The minimum atomic E-state index is -4.20. The Morgan fingerprint density at radius 3 is 2.37 bits per heavy atom. The lowest BCUT2D eigenvalue weighted by Gasteiger charge is -2.15. The van der Waals surface area contributed by atoms with Crippen molar-refractivity contribution in [3.63, 3.8) is 0 Å². The Morgan fingerprint density at radius 1 is 1.21 bits per heavy atom. The Balaban J connectivity index is 0.00000133. The lowest BCUT2D eigenvalue weighted by atomic mass is 10.0. The summed E-state index contributed by atoms with van der Waals surface area (Å²) in [6.07, 6.45) is -4.20. The summed E-state index contributed by atoms with van der Waals surface area (Å²) in [5, 5.41) is 3.36. The number of fused-ring (bicyclic) bond motifs is 1. The van der Waals surface area contributed by atoms with Crippen molar-refractivity contribution in [3.05, 3.63) is 21.9 Å². The first-order valence-electron chi connectivity index (χ1n) is 6.11. The maximum atomic E-state index is 12.5. The summed E-state index contributed by atoms with van der Waals surface area (Å²) in [5.74, 6) is 1.37. The molecule has 0 aromatic carbocycles. The molecule has 2 atom stereocenters. The molecule has 2 nitrogen and oxygen atoms in total. The summed E-state index contributed by atoms with van der Waals surface area (Å²) >= 11 is 0.872. The average molecular weight is 313 g/mol. The number of hydrogen-bond donors (Lipinski definition) is 1. The summed E-state index contributed by atoms with van der Waals surface area (Å²) in [6.45, 7) is 4.79. The van der Waals surface area contributed by atoms with Crippen molar-refractivity contribution in [2.24, 2.45) is 11.8 Å². The summed E-state index contributed by atoms with van der Waals surface area (Å²) in [5.41, 5.74) is 0. The van der Waals surface area contributed by atoms with Gasteiger partial charge in [-0.1, -0.05) is 0 Å². The fourth-order valence-corrected chi connectivity index (χ4v) is 3.83. The SMILES string of the molecule is Cl.FC(F)(F)c1ccc(CN2C[C@H]3CNC[C@H]3C2)s1. The lowest BCUT2D eigenvalue weighted by molar-refractivity contribution is -0.134. The first-order chi connectivity index (χ1) is 8.52. The fraction of sp³-hybridized carbons (Fsp3) is 0.667. The van der Waals surface area contributed by atoms with E-state index in [4.69, 9.17) is 0 Å². The van der Waals surface area contributed by atoms with Gasteiger partial charge in [0.2, 0.25) is 0 Å². The van der Waals surface area contributed by atoms with Crippen LogP contribution < -0.4 is 5.32 Å². The van der Waals surface area contributed by atoms with Crippen LogP contribution in [0.3, 0.4) is 0 Å². The minimum Gasteiger partial charge on any atom is -0.316 e. The molecule has 1 aromatic heterocycles. The van der Waals surface area contributed by atoms with Gasteiger partial charge in [-0.25, -0.2) is 0 Å². The zero-order valence-electron chi connectivity index (χ0n) is 10.2. The van der Waals surface area contributed by atoms with Gasteiger partial charge >= 0.3 is 6.18 Å². The third-order valence-electron chi connectivity index (χ3n) is 3.79. The molecule has 2 aliphatic heterocycles. The van der Waals surface area contributed by atoms with E-state index in [2.05, 4.69) is 10.2 Å². The van der Waals surface area contributed by atoms with E-state index >= 15 is 0 Å². The van der Waals surface area contributed by atoms with Crippen LogP contribution in [-0.2, 0) is 12.7 Å². The van der Waals surface area contributed by atoms with Gasteiger partial charge in [0.05, 0.1) is 0 Å². The Kier molecular flexibility index (Phi) is 4.45. The molecule has 2 saturated heterocycles. The Hall–Kier alpha value is -0.300. The molecular formula is C12H16ClF3N2S. The number of alkyl halides is 3. The van der Waals surface area contributed by atoms with E-state index in [1.165, 1.54) is 6.07 Å². The van der Waals surface area contributed by atoms with Crippen molar-refractivity contribution in [2.75, 3.05) is 26.2 Å². The van der Waals surface area contributed by atoms with E-state index in [1.54, 1.807) is 6.07 Å². The van der Waals surface area contributed by atoms with E-state index in [1.807, 2.05) is 0 Å². The van der Waals surface area contributed by atoms with Gasteiger partial charge in [-0.05, 0) is 37.1 Å². The molecule has 19 heavy (non-hydrogen) atoms. The van der Waals surface area contributed by atoms with Crippen molar-refractivity contribution in [1.82, 2.24) is 10.2 Å². The first-order valence-corrected chi connectivity index (χ1v) is 6.93. The van der Waals surface area contributed by atoms with Gasteiger partial charge in [0.25, 0.3) is 0 Å². The van der Waals surface area contributed by atoms with Crippen LogP contribution in [0, 0.1) is 11.8 Å². The smallest absolute Gasteiger partial charge is 0.316 e. The monoisotopic (exact) mass is 312 g/mol. The molecule has 3 heterocycles. The highest BCUT2D eigenvalue weighted by Crippen LogP contribution is 2.36. The molecule has 7 heteroatoms. The Morgan fingerprint density at radius 2 is 1.84 bits per heavy atom. The molecule has 0 spiro atoms. The number of likely N-dealkylation sites (tertiary alicyclic amines) is 1. The molecule has 0 bridgehead atoms. The van der Waals surface area contributed by atoms with Gasteiger partial charge in [0.15, 0.2) is 0 Å². The fourth-order valence-electron chi connectivity index (χ4n) is 2.92. The molecule has 2 aliphatic rings. The summed E-state index contributed by atoms with van der Waals surface area (Å²) in [7, 11) is 0. The minimum absolute atomic E-state index is 0. The number of thiophene rings is 1. The van der Waals surface area contributed by atoms with E-state index < -0.39 is 11.1 Å².